The fourth-order valence-electron chi connectivity index (χ4n) is 3.17. The van der Waals surface area contributed by atoms with Crippen LogP contribution in [0.25, 0.3) is 10.2 Å². The molecule has 30 heavy (non-hydrogen) atoms. The lowest BCUT2D eigenvalue weighted by Crippen LogP contribution is -2.43. The van der Waals surface area contributed by atoms with Gasteiger partial charge in [0.15, 0.2) is 16.3 Å². The van der Waals surface area contributed by atoms with Gasteiger partial charge in [-0.25, -0.2) is 4.39 Å². The molecule has 156 valence electrons. The number of rotatable bonds is 4. The van der Waals surface area contributed by atoms with Crippen molar-refractivity contribution in [2.45, 2.75) is 32.6 Å². The lowest BCUT2D eigenvalue weighted by atomic mass is 10.1. The quantitative estimate of drug-likeness (QED) is 0.595. The first-order chi connectivity index (χ1) is 14.5. The van der Waals surface area contributed by atoms with Crippen molar-refractivity contribution < 1.29 is 28.2 Å². The molecule has 0 saturated heterocycles. The van der Waals surface area contributed by atoms with Crippen molar-refractivity contribution in [1.29, 1.82) is 0 Å². The largest absolute Gasteiger partial charge is 0.482 e. The number of para-hydroxylation sites is 2. The summed E-state index contributed by atoms with van der Waals surface area (Å²) in [5.74, 6) is -0.429. The summed E-state index contributed by atoms with van der Waals surface area (Å²) in [5.41, 5.74) is 0.584. The summed E-state index contributed by atoms with van der Waals surface area (Å²) in [6.07, 6.45) is -1.50. The van der Waals surface area contributed by atoms with E-state index in [9.17, 15) is 14.0 Å². The van der Waals surface area contributed by atoms with Crippen LogP contribution in [0.1, 0.15) is 13.8 Å². The van der Waals surface area contributed by atoms with Crippen LogP contribution < -0.4 is 14.3 Å². The molecule has 2 atom stereocenters. The summed E-state index contributed by atoms with van der Waals surface area (Å²) >= 11 is 1.11. The summed E-state index contributed by atoms with van der Waals surface area (Å²) in [4.78, 5) is 29.4. The van der Waals surface area contributed by atoms with Gasteiger partial charge in [-0.3, -0.25) is 9.59 Å². The molecule has 1 aliphatic rings. The van der Waals surface area contributed by atoms with Gasteiger partial charge in [0.25, 0.3) is 5.91 Å². The molecule has 2 aromatic carbocycles. The number of benzene rings is 2. The minimum Gasteiger partial charge on any atom is -0.482 e. The van der Waals surface area contributed by atoms with Gasteiger partial charge in [0.1, 0.15) is 18.5 Å². The van der Waals surface area contributed by atoms with Gasteiger partial charge in [0.2, 0.25) is 6.10 Å². The molecule has 3 aromatic rings. The minimum absolute atomic E-state index is 0.147. The van der Waals surface area contributed by atoms with E-state index >= 15 is 0 Å². The molecule has 0 fully saturated rings. The standard InChI is InChI=1S/C21H19FN2O5S/c1-3-27-18(25)11-24-14-9-8-13(22)10-17(14)30-21(24)23-20(26)19-12(2)28-15-6-4-5-7-16(15)29-19/h4-10,12,19H,3,11H2,1-2H3. The molecular weight excluding hydrogens is 411 g/mol. The van der Waals surface area contributed by atoms with Crippen molar-refractivity contribution >= 4 is 33.4 Å². The van der Waals surface area contributed by atoms with Crippen molar-refractivity contribution in [3.8, 4) is 11.5 Å². The Morgan fingerprint density at radius 2 is 1.93 bits per heavy atom. The van der Waals surface area contributed by atoms with Crippen LogP contribution in [0.15, 0.2) is 47.5 Å². The third-order valence-corrected chi connectivity index (χ3v) is 5.57. The molecule has 1 aliphatic heterocycles. The number of amides is 1. The van der Waals surface area contributed by atoms with E-state index in [2.05, 4.69) is 4.99 Å². The predicted octanol–water partition coefficient (Wildman–Crippen LogP) is 3.06. The molecular formula is C21H19FN2O5S. The Morgan fingerprint density at radius 1 is 1.20 bits per heavy atom. The van der Waals surface area contributed by atoms with E-state index in [1.807, 2.05) is 6.07 Å². The minimum atomic E-state index is -0.946. The Bertz CT molecular complexity index is 1190. The number of aromatic nitrogens is 1. The lowest BCUT2D eigenvalue weighted by Gasteiger charge is -2.29. The van der Waals surface area contributed by atoms with E-state index < -0.39 is 29.9 Å². The number of hydrogen-bond donors (Lipinski definition) is 0. The van der Waals surface area contributed by atoms with Crippen LogP contribution in [0.5, 0.6) is 11.5 Å². The number of fused-ring (bicyclic) bond motifs is 2. The predicted molar refractivity (Wildman–Crippen MR) is 108 cm³/mol. The Morgan fingerprint density at radius 3 is 2.67 bits per heavy atom. The van der Waals surface area contributed by atoms with E-state index in [0.29, 0.717) is 21.7 Å². The number of carbonyl (C=O) groups excluding carboxylic acids is 2. The fourth-order valence-corrected chi connectivity index (χ4v) is 4.23. The van der Waals surface area contributed by atoms with Gasteiger partial charge in [0, 0.05) is 0 Å². The summed E-state index contributed by atoms with van der Waals surface area (Å²) in [5, 5.41) is 0. The zero-order chi connectivity index (χ0) is 21.3. The number of esters is 1. The Kier molecular flexibility index (Phi) is 5.54. The van der Waals surface area contributed by atoms with E-state index in [4.69, 9.17) is 14.2 Å². The molecule has 0 spiro atoms. The maximum absolute atomic E-state index is 13.7. The maximum atomic E-state index is 13.7. The van der Waals surface area contributed by atoms with Gasteiger partial charge in [0.05, 0.1) is 16.8 Å². The smallest absolute Gasteiger partial charge is 0.326 e. The fraction of sp³-hybridized carbons (Fsp3) is 0.286. The number of thiazole rings is 1. The molecule has 1 aromatic heterocycles. The van der Waals surface area contributed by atoms with Gasteiger partial charge in [-0.15, -0.1) is 0 Å². The van der Waals surface area contributed by atoms with Crippen molar-refractivity contribution in [2.24, 2.45) is 4.99 Å². The normalized spacial score (nSPS) is 18.4. The third kappa shape index (κ3) is 3.93. The number of nitrogens with zero attached hydrogens (tertiary/aromatic N) is 2. The Labute approximate surface area is 175 Å². The van der Waals surface area contributed by atoms with Crippen LogP contribution in [-0.2, 0) is 20.9 Å². The molecule has 2 heterocycles. The van der Waals surface area contributed by atoms with Crippen LogP contribution >= 0.6 is 11.3 Å². The van der Waals surface area contributed by atoms with E-state index in [1.54, 1.807) is 38.1 Å². The third-order valence-electron chi connectivity index (χ3n) is 4.53. The van der Waals surface area contributed by atoms with Gasteiger partial charge >= 0.3 is 5.97 Å². The Hall–Kier alpha value is -3.20. The highest BCUT2D eigenvalue weighted by molar-refractivity contribution is 7.16. The maximum Gasteiger partial charge on any atom is 0.326 e. The van der Waals surface area contributed by atoms with Crippen molar-refractivity contribution in [3.63, 3.8) is 0 Å². The molecule has 0 radical (unpaired) electrons. The highest BCUT2D eigenvalue weighted by atomic mass is 32.1. The van der Waals surface area contributed by atoms with E-state index in [0.717, 1.165) is 11.3 Å². The van der Waals surface area contributed by atoms with Crippen LogP contribution in [-0.4, -0.2) is 35.3 Å². The van der Waals surface area contributed by atoms with Gasteiger partial charge in [-0.1, -0.05) is 23.5 Å². The molecule has 0 aliphatic carbocycles. The van der Waals surface area contributed by atoms with Crippen LogP contribution in [0.2, 0.25) is 0 Å². The molecule has 0 saturated carbocycles. The zero-order valence-corrected chi connectivity index (χ0v) is 17.1. The van der Waals surface area contributed by atoms with Crippen molar-refractivity contribution in [1.82, 2.24) is 4.57 Å². The van der Waals surface area contributed by atoms with Crippen molar-refractivity contribution in [3.05, 3.63) is 53.1 Å². The summed E-state index contributed by atoms with van der Waals surface area (Å²) in [7, 11) is 0. The van der Waals surface area contributed by atoms with Crippen LogP contribution in [0.3, 0.4) is 0 Å². The van der Waals surface area contributed by atoms with Gasteiger partial charge < -0.3 is 18.8 Å². The van der Waals surface area contributed by atoms with Crippen LogP contribution in [0, 0.1) is 5.82 Å². The number of halogens is 1. The summed E-state index contributed by atoms with van der Waals surface area (Å²) in [6.45, 7) is 3.51. The van der Waals surface area contributed by atoms with Gasteiger partial charge in [-0.05, 0) is 44.2 Å². The zero-order valence-electron chi connectivity index (χ0n) is 16.3. The molecule has 4 rings (SSSR count). The second-order valence-corrected chi connectivity index (χ2v) is 7.66. The van der Waals surface area contributed by atoms with E-state index in [1.165, 1.54) is 16.7 Å². The average molecular weight is 430 g/mol. The molecule has 0 bridgehead atoms. The SMILES string of the molecule is CCOC(=O)Cn1c(=NC(=O)C2Oc3ccccc3OC2C)sc2cc(F)ccc21. The first-order valence-corrected chi connectivity index (χ1v) is 10.2. The first kappa shape index (κ1) is 20.1. The molecule has 1 amide bonds. The van der Waals surface area contributed by atoms with Gasteiger partial charge in [-0.2, -0.15) is 4.99 Å². The highest BCUT2D eigenvalue weighted by Crippen LogP contribution is 2.33. The molecule has 7 nitrogen and oxygen atoms in total. The highest BCUT2D eigenvalue weighted by Gasteiger charge is 2.34. The second kappa shape index (κ2) is 8.27. The number of hydrogen-bond acceptors (Lipinski definition) is 6. The monoisotopic (exact) mass is 430 g/mol. The lowest BCUT2D eigenvalue weighted by molar-refractivity contribution is -0.143. The molecule has 9 heteroatoms. The topological polar surface area (TPSA) is 79.1 Å². The Balaban J connectivity index is 1.72. The van der Waals surface area contributed by atoms with Crippen LogP contribution in [0.4, 0.5) is 4.39 Å². The van der Waals surface area contributed by atoms with Crippen molar-refractivity contribution in [2.75, 3.05) is 6.61 Å². The summed E-state index contributed by atoms with van der Waals surface area (Å²) < 4.78 is 32.4. The number of carbonyl (C=O) groups is 2. The molecule has 2 unspecified atom stereocenters. The average Bonchev–Trinajstić information content (AvgIpc) is 3.03. The molecule has 0 N–H and O–H groups in total. The first-order valence-electron chi connectivity index (χ1n) is 9.41. The second-order valence-electron chi connectivity index (χ2n) is 6.65. The number of ether oxygens (including phenoxy) is 3. The van der Waals surface area contributed by atoms with E-state index in [-0.39, 0.29) is 18.0 Å². The summed E-state index contributed by atoms with van der Waals surface area (Å²) in [6, 6.07) is 11.2.